The number of thiazole rings is 1. The first kappa shape index (κ1) is 25.8. The molecular formula is C22H23BrN4O5S3. The van der Waals surface area contributed by atoms with E-state index in [1.165, 1.54) is 46.1 Å². The summed E-state index contributed by atoms with van der Waals surface area (Å²) in [6, 6.07) is 13.0. The van der Waals surface area contributed by atoms with Gasteiger partial charge in [-0.2, -0.15) is 0 Å². The molecule has 1 aliphatic rings. The molecule has 4 rings (SSSR count). The van der Waals surface area contributed by atoms with Crippen LogP contribution in [-0.4, -0.2) is 45.1 Å². The Morgan fingerprint density at radius 2 is 1.69 bits per heavy atom. The maximum atomic E-state index is 12.8. The first-order chi connectivity index (χ1) is 16.6. The average molecular weight is 600 g/mol. The van der Waals surface area contributed by atoms with Crippen LogP contribution in [0.15, 0.2) is 69.5 Å². The fraction of sp³-hybridized carbons (Fsp3) is 0.273. The van der Waals surface area contributed by atoms with Gasteiger partial charge in [0.2, 0.25) is 15.9 Å². The summed E-state index contributed by atoms with van der Waals surface area (Å²) in [6.45, 7) is 0.549. The summed E-state index contributed by atoms with van der Waals surface area (Å²) in [7, 11) is -7.25. The zero-order valence-electron chi connectivity index (χ0n) is 18.4. The smallest absolute Gasteiger partial charge is 0.263 e. The summed E-state index contributed by atoms with van der Waals surface area (Å²) in [4.78, 5) is 16.7. The van der Waals surface area contributed by atoms with Crippen molar-refractivity contribution in [3.8, 4) is 0 Å². The molecule has 1 saturated heterocycles. The highest BCUT2D eigenvalue weighted by molar-refractivity contribution is 9.10. The Balaban J connectivity index is 1.30. The minimum atomic E-state index is -3.77. The molecule has 0 spiro atoms. The molecule has 1 aliphatic heterocycles. The van der Waals surface area contributed by atoms with Crippen LogP contribution in [0, 0.1) is 5.92 Å². The molecule has 1 aromatic heterocycles. The lowest BCUT2D eigenvalue weighted by Crippen LogP contribution is -2.41. The lowest BCUT2D eigenvalue weighted by Gasteiger charge is -2.30. The lowest BCUT2D eigenvalue weighted by molar-refractivity contribution is -0.120. The van der Waals surface area contributed by atoms with E-state index in [0.29, 0.717) is 24.1 Å². The molecule has 3 aromatic rings. The summed E-state index contributed by atoms with van der Waals surface area (Å²) in [5, 5.41) is 4.73. The number of sulfonamides is 2. The Kier molecular flexibility index (Phi) is 7.91. The van der Waals surface area contributed by atoms with Crippen molar-refractivity contribution < 1.29 is 21.6 Å². The normalized spacial score (nSPS) is 15.6. The van der Waals surface area contributed by atoms with E-state index >= 15 is 0 Å². The lowest BCUT2D eigenvalue weighted by atomic mass is 9.97. The second-order valence-electron chi connectivity index (χ2n) is 8.01. The number of hydrogen-bond donors (Lipinski definition) is 2. The van der Waals surface area contributed by atoms with E-state index in [9.17, 15) is 21.6 Å². The number of carbonyl (C=O) groups excluding carboxylic acids is 1. The molecule has 0 atom stereocenters. The van der Waals surface area contributed by atoms with Crippen molar-refractivity contribution in [3.05, 3.63) is 70.1 Å². The molecule has 2 heterocycles. The van der Waals surface area contributed by atoms with Crippen molar-refractivity contribution in [2.75, 3.05) is 23.1 Å². The van der Waals surface area contributed by atoms with Crippen LogP contribution in [0.25, 0.3) is 0 Å². The molecule has 1 fully saturated rings. The second kappa shape index (κ2) is 10.7. The van der Waals surface area contributed by atoms with Gasteiger partial charge in [0.15, 0.2) is 5.13 Å². The van der Waals surface area contributed by atoms with Gasteiger partial charge < -0.3 is 5.32 Å². The van der Waals surface area contributed by atoms with Gasteiger partial charge in [-0.1, -0.05) is 28.1 Å². The quantitative estimate of drug-likeness (QED) is 0.405. The van der Waals surface area contributed by atoms with Gasteiger partial charge in [0.05, 0.1) is 10.6 Å². The molecular weight excluding hydrogens is 576 g/mol. The largest absolute Gasteiger partial charge is 0.326 e. The summed E-state index contributed by atoms with van der Waals surface area (Å²) in [5.41, 5.74) is 1.17. The Bertz CT molecular complexity index is 1370. The third-order valence-corrected chi connectivity index (χ3v) is 10.1. The summed E-state index contributed by atoms with van der Waals surface area (Å²) in [5.74, 6) is -0.625. The van der Waals surface area contributed by atoms with Crippen LogP contribution < -0.4 is 10.0 Å². The molecule has 35 heavy (non-hydrogen) atoms. The minimum absolute atomic E-state index is 0.0509. The van der Waals surface area contributed by atoms with Gasteiger partial charge in [-0.05, 0) is 54.8 Å². The topological polar surface area (TPSA) is 126 Å². The average Bonchev–Trinajstić information content (AvgIpc) is 3.33. The van der Waals surface area contributed by atoms with Crippen LogP contribution in [0.5, 0.6) is 0 Å². The molecule has 0 saturated carbocycles. The minimum Gasteiger partial charge on any atom is -0.326 e. The number of hydrogen-bond acceptors (Lipinski definition) is 7. The Hall–Kier alpha value is -2.32. The SMILES string of the molecule is O=C(Nc1ccc(S(=O)(=O)Nc2nccs2)cc1)C1CCN(S(=O)(=O)Cc2ccc(Br)cc2)CC1. The van der Waals surface area contributed by atoms with Gasteiger partial charge in [-0.15, -0.1) is 11.3 Å². The number of nitrogens with zero attached hydrogens (tertiary/aromatic N) is 2. The number of carbonyl (C=O) groups is 1. The number of piperidine rings is 1. The predicted molar refractivity (Wildman–Crippen MR) is 139 cm³/mol. The Morgan fingerprint density at radius 3 is 2.29 bits per heavy atom. The van der Waals surface area contributed by atoms with Gasteiger partial charge in [-0.3, -0.25) is 9.52 Å². The van der Waals surface area contributed by atoms with E-state index in [1.807, 2.05) is 0 Å². The molecule has 0 radical (unpaired) electrons. The first-order valence-corrected chi connectivity index (χ1v) is 15.4. The molecule has 1 amide bonds. The number of anilines is 2. The van der Waals surface area contributed by atoms with Crippen LogP contribution in [0.1, 0.15) is 18.4 Å². The molecule has 0 unspecified atom stereocenters. The third kappa shape index (κ3) is 6.67. The Morgan fingerprint density at radius 1 is 1.03 bits per heavy atom. The van der Waals surface area contributed by atoms with Crippen molar-refractivity contribution in [1.82, 2.24) is 9.29 Å². The molecule has 2 aromatic carbocycles. The van der Waals surface area contributed by atoms with Crippen LogP contribution in [0.2, 0.25) is 0 Å². The highest BCUT2D eigenvalue weighted by Crippen LogP contribution is 2.25. The van der Waals surface area contributed by atoms with E-state index in [2.05, 4.69) is 31.0 Å². The highest BCUT2D eigenvalue weighted by atomic mass is 79.9. The number of halogens is 1. The highest BCUT2D eigenvalue weighted by Gasteiger charge is 2.31. The third-order valence-electron chi connectivity index (χ3n) is 5.57. The van der Waals surface area contributed by atoms with Crippen LogP contribution in [0.3, 0.4) is 0 Å². The van der Waals surface area contributed by atoms with E-state index in [-0.39, 0.29) is 40.7 Å². The zero-order valence-corrected chi connectivity index (χ0v) is 22.5. The maximum absolute atomic E-state index is 12.8. The van der Waals surface area contributed by atoms with Crippen molar-refractivity contribution >= 4 is 64.0 Å². The van der Waals surface area contributed by atoms with Gasteiger partial charge in [0, 0.05) is 40.7 Å². The predicted octanol–water partition coefficient (Wildman–Crippen LogP) is 3.89. The maximum Gasteiger partial charge on any atom is 0.263 e. The van der Waals surface area contributed by atoms with Crippen molar-refractivity contribution in [1.29, 1.82) is 0 Å². The standard InChI is InChI=1S/C22H23BrN4O5S3/c23-18-3-1-16(2-4-18)15-34(29,30)27-12-9-17(10-13-27)21(28)25-19-5-7-20(8-6-19)35(31,32)26-22-24-11-14-33-22/h1-8,11,14,17H,9-10,12-13,15H2,(H,24,26)(H,25,28). The fourth-order valence-electron chi connectivity index (χ4n) is 3.69. The zero-order chi connectivity index (χ0) is 25.1. The fourth-order valence-corrected chi connectivity index (χ4v) is 7.30. The van der Waals surface area contributed by atoms with E-state index < -0.39 is 20.0 Å². The van der Waals surface area contributed by atoms with Crippen LogP contribution in [0.4, 0.5) is 10.8 Å². The van der Waals surface area contributed by atoms with Gasteiger partial charge >= 0.3 is 0 Å². The van der Waals surface area contributed by atoms with Crippen LogP contribution in [-0.2, 0) is 30.6 Å². The number of aromatic nitrogens is 1. The monoisotopic (exact) mass is 598 g/mol. The van der Waals surface area contributed by atoms with Gasteiger partial charge in [-0.25, -0.2) is 26.1 Å². The molecule has 2 N–H and O–H groups in total. The number of rotatable bonds is 8. The first-order valence-electron chi connectivity index (χ1n) is 10.7. The summed E-state index contributed by atoms with van der Waals surface area (Å²) < 4.78 is 55.1. The van der Waals surface area contributed by atoms with E-state index in [1.54, 1.807) is 29.6 Å². The van der Waals surface area contributed by atoms with Crippen molar-refractivity contribution in [2.24, 2.45) is 5.92 Å². The Labute approximate surface area is 216 Å². The molecule has 186 valence electrons. The summed E-state index contributed by atoms with van der Waals surface area (Å²) in [6.07, 6.45) is 2.33. The second-order valence-corrected chi connectivity index (χ2v) is 13.5. The van der Waals surface area contributed by atoms with Gasteiger partial charge in [0.25, 0.3) is 10.0 Å². The number of nitrogens with one attached hydrogen (secondary N) is 2. The molecule has 0 bridgehead atoms. The van der Waals surface area contributed by atoms with Gasteiger partial charge in [0.1, 0.15) is 0 Å². The van der Waals surface area contributed by atoms with Crippen LogP contribution >= 0.6 is 27.3 Å². The molecule has 9 nitrogen and oxygen atoms in total. The molecule has 0 aliphatic carbocycles. The number of benzene rings is 2. The molecule has 13 heteroatoms. The van der Waals surface area contributed by atoms with Crippen molar-refractivity contribution in [2.45, 2.75) is 23.5 Å². The number of amides is 1. The van der Waals surface area contributed by atoms with E-state index in [4.69, 9.17) is 0 Å². The summed E-state index contributed by atoms with van der Waals surface area (Å²) >= 11 is 4.51. The van der Waals surface area contributed by atoms with E-state index in [0.717, 1.165) is 4.47 Å². The van der Waals surface area contributed by atoms with Crippen molar-refractivity contribution in [3.63, 3.8) is 0 Å².